The van der Waals surface area contributed by atoms with Crippen molar-refractivity contribution < 1.29 is 14.4 Å². The van der Waals surface area contributed by atoms with Crippen molar-refractivity contribution in [1.82, 2.24) is 20.9 Å². The summed E-state index contributed by atoms with van der Waals surface area (Å²) in [5.41, 5.74) is 2.75. The number of rotatable bonds is 4. The summed E-state index contributed by atoms with van der Waals surface area (Å²) in [6.07, 6.45) is 5.59. The highest BCUT2D eigenvalue weighted by Gasteiger charge is 2.39. The van der Waals surface area contributed by atoms with Gasteiger partial charge < -0.3 is 15.5 Å². The second-order valence-corrected chi connectivity index (χ2v) is 8.58. The maximum absolute atomic E-state index is 12.9. The fraction of sp³-hybridized carbons (Fsp3) is 0.571. The van der Waals surface area contributed by atoms with E-state index in [9.17, 15) is 14.4 Å². The van der Waals surface area contributed by atoms with Gasteiger partial charge in [0.1, 0.15) is 6.04 Å². The number of nitrogens with zero attached hydrogens (tertiary/aromatic N) is 1. The van der Waals surface area contributed by atoms with Gasteiger partial charge in [-0.1, -0.05) is 12.1 Å². The molecule has 0 radical (unpaired) electrons. The van der Waals surface area contributed by atoms with Crippen molar-refractivity contribution in [3.63, 3.8) is 0 Å². The number of hydrogen-bond acceptors (Lipinski definition) is 5. The third-order valence-corrected chi connectivity index (χ3v) is 6.66. The Morgan fingerprint density at radius 3 is 2.61 bits per heavy atom. The van der Waals surface area contributed by atoms with Crippen LogP contribution in [0.2, 0.25) is 0 Å². The molecule has 0 aromatic heterocycles. The number of nitrogens with one attached hydrogen (secondary N) is 3. The SMILES string of the molecule is O=C1CCC(N2Cc3ccc(CNC4C[C@H]5CC[C@@H](C4)N5)cc3C2=O)C(=O)N1. The first-order valence-electron chi connectivity index (χ1n) is 10.3. The van der Waals surface area contributed by atoms with Crippen molar-refractivity contribution >= 4 is 17.7 Å². The quantitative estimate of drug-likeness (QED) is 0.671. The summed E-state index contributed by atoms with van der Waals surface area (Å²) in [6.45, 7) is 1.19. The van der Waals surface area contributed by atoms with Crippen molar-refractivity contribution in [3.05, 3.63) is 34.9 Å². The Kier molecular flexibility index (Phi) is 4.44. The van der Waals surface area contributed by atoms with Crippen LogP contribution in [0.4, 0.5) is 0 Å². The first-order valence-corrected chi connectivity index (χ1v) is 10.3. The number of amides is 3. The third kappa shape index (κ3) is 3.22. The lowest BCUT2D eigenvalue weighted by molar-refractivity contribution is -0.136. The first kappa shape index (κ1) is 17.8. The molecule has 7 nitrogen and oxygen atoms in total. The number of benzene rings is 1. The molecular formula is C21H26N4O3. The highest BCUT2D eigenvalue weighted by Crippen LogP contribution is 2.29. The number of piperidine rings is 2. The molecule has 0 aliphatic carbocycles. The summed E-state index contributed by atoms with van der Waals surface area (Å²) < 4.78 is 0. The van der Waals surface area contributed by atoms with Crippen LogP contribution in [0.1, 0.15) is 60.0 Å². The zero-order valence-corrected chi connectivity index (χ0v) is 15.9. The molecule has 148 valence electrons. The molecule has 0 spiro atoms. The van der Waals surface area contributed by atoms with Gasteiger partial charge in [-0.3, -0.25) is 19.7 Å². The van der Waals surface area contributed by atoms with Crippen LogP contribution in [0.3, 0.4) is 0 Å². The number of fused-ring (bicyclic) bond motifs is 3. The predicted octanol–water partition coefficient (Wildman–Crippen LogP) is 0.820. The second kappa shape index (κ2) is 6.97. The molecule has 3 saturated heterocycles. The molecule has 4 aliphatic rings. The molecule has 4 atom stereocenters. The maximum Gasteiger partial charge on any atom is 0.255 e. The molecule has 3 fully saturated rings. The fourth-order valence-electron chi connectivity index (χ4n) is 5.20. The summed E-state index contributed by atoms with van der Waals surface area (Å²) in [7, 11) is 0. The van der Waals surface area contributed by atoms with Crippen LogP contribution in [-0.2, 0) is 22.7 Å². The average molecular weight is 382 g/mol. The minimum absolute atomic E-state index is 0.105. The predicted molar refractivity (Wildman–Crippen MR) is 102 cm³/mol. The van der Waals surface area contributed by atoms with E-state index in [1.165, 1.54) is 25.7 Å². The second-order valence-electron chi connectivity index (χ2n) is 8.58. The summed E-state index contributed by atoms with van der Waals surface area (Å²) in [5, 5.41) is 9.67. The zero-order chi connectivity index (χ0) is 19.3. The standard InChI is InChI=1S/C21H26N4O3/c26-19-6-5-18(20(27)24-19)25-11-13-2-1-12(7-17(13)21(25)28)10-22-16-8-14-3-4-15(9-16)23-14/h1-2,7,14-16,18,22-23H,3-6,8-11H2,(H,24,26,27)/t14-,15+,16?,18?. The minimum Gasteiger partial charge on any atom is -0.322 e. The van der Waals surface area contributed by atoms with Crippen molar-refractivity contribution in [2.24, 2.45) is 0 Å². The monoisotopic (exact) mass is 382 g/mol. The van der Waals surface area contributed by atoms with Gasteiger partial charge in [-0.05, 0) is 49.3 Å². The van der Waals surface area contributed by atoms with E-state index in [0.29, 0.717) is 36.7 Å². The van der Waals surface area contributed by atoms with Gasteiger partial charge in [-0.25, -0.2) is 0 Å². The van der Waals surface area contributed by atoms with Gasteiger partial charge in [0.25, 0.3) is 5.91 Å². The van der Waals surface area contributed by atoms with Crippen molar-refractivity contribution in [2.75, 3.05) is 0 Å². The molecule has 28 heavy (non-hydrogen) atoms. The lowest BCUT2D eigenvalue weighted by Gasteiger charge is -2.30. The Hall–Kier alpha value is -2.25. The lowest BCUT2D eigenvalue weighted by atomic mass is 9.99. The van der Waals surface area contributed by atoms with Crippen molar-refractivity contribution in [3.8, 4) is 0 Å². The van der Waals surface area contributed by atoms with Gasteiger partial charge in [0, 0.05) is 43.2 Å². The molecule has 3 amide bonds. The molecule has 3 N–H and O–H groups in total. The number of carbonyl (C=O) groups is 3. The topological polar surface area (TPSA) is 90.5 Å². The molecule has 1 aromatic rings. The Morgan fingerprint density at radius 1 is 1.07 bits per heavy atom. The van der Waals surface area contributed by atoms with E-state index in [1.807, 2.05) is 12.1 Å². The Balaban J connectivity index is 1.24. The van der Waals surface area contributed by atoms with Gasteiger partial charge in [0.2, 0.25) is 11.8 Å². The van der Waals surface area contributed by atoms with Crippen LogP contribution in [0.5, 0.6) is 0 Å². The zero-order valence-electron chi connectivity index (χ0n) is 15.9. The third-order valence-electron chi connectivity index (χ3n) is 6.66. The summed E-state index contributed by atoms with van der Waals surface area (Å²) in [5.74, 6) is -0.726. The molecule has 0 saturated carbocycles. The Labute approximate surface area is 164 Å². The van der Waals surface area contributed by atoms with E-state index >= 15 is 0 Å². The van der Waals surface area contributed by atoms with Gasteiger partial charge in [0.05, 0.1) is 0 Å². The van der Waals surface area contributed by atoms with Gasteiger partial charge in [0.15, 0.2) is 0 Å². The average Bonchev–Trinajstić information content (AvgIpc) is 3.19. The summed E-state index contributed by atoms with van der Waals surface area (Å²) in [4.78, 5) is 38.0. The number of carbonyl (C=O) groups excluding carboxylic acids is 3. The normalized spacial score (nSPS) is 31.9. The molecule has 2 unspecified atom stereocenters. The van der Waals surface area contributed by atoms with Gasteiger partial charge in [-0.15, -0.1) is 0 Å². The van der Waals surface area contributed by atoms with Gasteiger partial charge >= 0.3 is 0 Å². The Bertz CT molecular complexity index is 827. The molecule has 1 aromatic carbocycles. The van der Waals surface area contributed by atoms with E-state index in [4.69, 9.17) is 0 Å². The molecule has 2 bridgehead atoms. The molecule has 7 heteroatoms. The Morgan fingerprint density at radius 2 is 1.86 bits per heavy atom. The van der Waals surface area contributed by atoms with E-state index in [1.54, 1.807) is 4.90 Å². The van der Waals surface area contributed by atoms with E-state index < -0.39 is 6.04 Å². The van der Waals surface area contributed by atoms with E-state index in [2.05, 4.69) is 22.0 Å². The number of hydrogen-bond donors (Lipinski definition) is 3. The molecule has 4 heterocycles. The smallest absolute Gasteiger partial charge is 0.255 e. The van der Waals surface area contributed by atoms with Crippen LogP contribution in [-0.4, -0.2) is 46.8 Å². The largest absolute Gasteiger partial charge is 0.322 e. The first-order chi connectivity index (χ1) is 13.6. The number of imide groups is 1. The maximum atomic E-state index is 12.9. The lowest BCUT2D eigenvalue weighted by Crippen LogP contribution is -2.52. The van der Waals surface area contributed by atoms with Gasteiger partial charge in [-0.2, -0.15) is 0 Å². The highest BCUT2D eigenvalue weighted by atomic mass is 16.2. The van der Waals surface area contributed by atoms with E-state index in [-0.39, 0.29) is 24.1 Å². The van der Waals surface area contributed by atoms with E-state index in [0.717, 1.165) is 17.7 Å². The fourth-order valence-corrected chi connectivity index (χ4v) is 5.20. The molecular weight excluding hydrogens is 356 g/mol. The van der Waals surface area contributed by atoms with Crippen LogP contribution in [0.25, 0.3) is 0 Å². The summed E-state index contributed by atoms with van der Waals surface area (Å²) in [6, 6.07) is 7.32. The van der Waals surface area contributed by atoms with Crippen molar-refractivity contribution in [1.29, 1.82) is 0 Å². The summed E-state index contributed by atoms with van der Waals surface area (Å²) >= 11 is 0. The van der Waals surface area contributed by atoms with Crippen LogP contribution >= 0.6 is 0 Å². The van der Waals surface area contributed by atoms with Crippen LogP contribution in [0, 0.1) is 0 Å². The molecule has 5 rings (SSSR count). The van der Waals surface area contributed by atoms with Crippen LogP contribution in [0.15, 0.2) is 18.2 Å². The highest BCUT2D eigenvalue weighted by molar-refractivity contribution is 6.05. The minimum atomic E-state index is -0.551. The molecule has 4 aliphatic heterocycles. The van der Waals surface area contributed by atoms with Crippen molar-refractivity contribution in [2.45, 2.75) is 75.8 Å². The van der Waals surface area contributed by atoms with Crippen LogP contribution < -0.4 is 16.0 Å².